The molecule has 2 aliphatic rings. The highest BCUT2D eigenvalue weighted by Gasteiger charge is 2.64. The Morgan fingerprint density at radius 3 is 2.28 bits per heavy atom. The Labute approximate surface area is 150 Å². The Hall–Kier alpha value is -1.53. The molecule has 2 rings (SSSR count). The number of ketones is 2. The predicted molar refractivity (Wildman–Crippen MR) is 97.5 cm³/mol. The topological polar surface area (TPSA) is 69.7 Å². The molecule has 0 N–H and O–H groups in total. The van der Waals surface area contributed by atoms with Gasteiger partial charge in [-0.2, -0.15) is 0 Å². The molecule has 0 aliphatic heterocycles. The third kappa shape index (κ3) is 2.95. The van der Waals surface area contributed by atoms with E-state index in [0.717, 1.165) is 0 Å². The third-order valence-corrected chi connectivity index (χ3v) is 10.4. The molecule has 0 heterocycles. The van der Waals surface area contributed by atoms with Crippen LogP contribution in [0, 0.1) is 17.3 Å². The number of allylic oxidation sites excluding steroid dienone is 3. The van der Waals surface area contributed by atoms with Gasteiger partial charge in [0.2, 0.25) is 0 Å². The fourth-order valence-corrected chi connectivity index (χ4v) is 4.70. The van der Waals surface area contributed by atoms with Crippen LogP contribution < -0.4 is 0 Å². The Morgan fingerprint density at radius 2 is 1.76 bits per heavy atom. The minimum Gasteiger partial charge on any atom is -0.468 e. The zero-order chi connectivity index (χ0) is 19.2. The van der Waals surface area contributed by atoms with Crippen molar-refractivity contribution in [3.8, 4) is 0 Å². The SMILES string of the molecule is COC(=O)[C@]12C(=O)C=CC(=O)[C@H]1[C@@H](C)C=C[C@H]2O[Si](C)(C)C(C)(C)C. The van der Waals surface area contributed by atoms with Gasteiger partial charge in [0.1, 0.15) is 0 Å². The average molecular weight is 365 g/mol. The molecule has 0 spiro atoms. The molecule has 0 saturated carbocycles. The van der Waals surface area contributed by atoms with Crippen molar-refractivity contribution in [3.63, 3.8) is 0 Å². The molecule has 5 nitrogen and oxygen atoms in total. The van der Waals surface area contributed by atoms with Crippen LogP contribution in [0.2, 0.25) is 18.1 Å². The molecule has 25 heavy (non-hydrogen) atoms. The van der Waals surface area contributed by atoms with Gasteiger partial charge < -0.3 is 9.16 Å². The number of methoxy groups -OCH3 is 1. The molecule has 0 unspecified atom stereocenters. The van der Waals surface area contributed by atoms with Gasteiger partial charge in [-0.05, 0) is 36.2 Å². The smallest absolute Gasteiger partial charge is 0.323 e. The van der Waals surface area contributed by atoms with Crippen molar-refractivity contribution in [1.82, 2.24) is 0 Å². The van der Waals surface area contributed by atoms with Gasteiger partial charge in [0.25, 0.3) is 0 Å². The largest absolute Gasteiger partial charge is 0.468 e. The molecule has 0 bridgehead atoms. The summed E-state index contributed by atoms with van der Waals surface area (Å²) < 4.78 is 11.5. The summed E-state index contributed by atoms with van der Waals surface area (Å²) in [6.45, 7) is 12.2. The van der Waals surface area contributed by atoms with Crippen LogP contribution >= 0.6 is 0 Å². The number of ether oxygens (including phenoxy) is 1. The van der Waals surface area contributed by atoms with E-state index in [1.165, 1.54) is 19.3 Å². The number of hydrogen-bond donors (Lipinski definition) is 0. The molecule has 6 heteroatoms. The van der Waals surface area contributed by atoms with Crippen LogP contribution in [-0.4, -0.2) is 39.1 Å². The zero-order valence-corrected chi connectivity index (χ0v) is 17.1. The summed E-state index contributed by atoms with van der Waals surface area (Å²) in [5.74, 6) is -2.38. The van der Waals surface area contributed by atoms with Gasteiger partial charge in [-0.1, -0.05) is 39.8 Å². The maximum absolute atomic E-state index is 12.9. The monoisotopic (exact) mass is 364 g/mol. The van der Waals surface area contributed by atoms with E-state index in [4.69, 9.17) is 9.16 Å². The quantitative estimate of drug-likeness (QED) is 0.333. The molecule has 4 atom stereocenters. The van der Waals surface area contributed by atoms with Crippen molar-refractivity contribution < 1.29 is 23.5 Å². The second-order valence-corrected chi connectivity index (χ2v) is 13.2. The molecular formula is C19H28O5Si. The molecule has 138 valence electrons. The lowest BCUT2D eigenvalue weighted by Crippen LogP contribution is -2.63. The summed E-state index contributed by atoms with van der Waals surface area (Å²) in [7, 11) is -1.05. The van der Waals surface area contributed by atoms with Crippen LogP contribution in [0.1, 0.15) is 27.7 Å². The van der Waals surface area contributed by atoms with Gasteiger partial charge >= 0.3 is 5.97 Å². The first kappa shape index (κ1) is 19.8. The van der Waals surface area contributed by atoms with Gasteiger partial charge in [0, 0.05) is 0 Å². The van der Waals surface area contributed by atoms with Crippen molar-refractivity contribution in [2.45, 2.75) is 51.9 Å². The Bertz CT molecular complexity index is 655. The standard InChI is InChI=1S/C19H28O5Si/c1-12-8-11-15(24-25(6,7)18(2,3)4)19(17(22)23-5)14(21)10-9-13(20)16(12)19/h8-12,15-16H,1-7H3/t12-,15+,16+,19-/m0/s1. The first-order chi connectivity index (χ1) is 11.4. The summed E-state index contributed by atoms with van der Waals surface area (Å²) >= 11 is 0. The number of carbonyl (C=O) groups excluding carboxylic acids is 3. The molecule has 0 aromatic rings. The van der Waals surface area contributed by atoms with Crippen LogP contribution in [0.4, 0.5) is 0 Å². The molecule has 0 aromatic carbocycles. The zero-order valence-electron chi connectivity index (χ0n) is 16.1. The van der Waals surface area contributed by atoms with E-state index in [2.05, 4.69) is 33.9 Å². The summed E-state index contributed by atoms with van der Waals surface area (Å²) in [5.41, 5.74) is -1.63. The highest BCUT2D eigenvalue weighted by atomic mass is 28.4. The van der Waals surface area contributed by atoms with Crippen molar-refractivity contribution >= 4 is 25.9 Å². The van der Waals surface area contributed by atoms with Gasteiger partial charge in [0.15, 0.2) is 25.3 Å². The second-order valence-electron chi connectivity index (χ2n) is 8.48. The van der Waals surface area contributed by atoms with E-state index >= 15 is 0 Å². The van der Waals surface area contributed by atoms with Crippen LogP contribution in [0.3, 0.4) is 0 Å². The molecule has 2 aliphatic carbocycles. The fraction of sp³-hybridized carbons (Fsp3) is 0.632. The van der Waals surface area contributed by atoms with Crippen LogP contribution in [-0.2, 0) is 23.5 Å². The van der Waals surface area contributed by atoms with Gasteiger partial charge in [-0.25, -0.2) is 0 Å². The first-order valence-electron chi connectivity index (χ1n) is 8.60. The summed E-state index contributed by atoms with van der Waals surface area (Å²) in [6, 6.07) is 0. The fourth-order valence-electron chi connectivity index (χ4n) is 3.45. The molecular weight excluding hydrogens is 336 g/mol. The van der Waals surface area contributed by atoms with Gasteiger partial charge in [-0.15, -0.1) is 0 Å². The van der Waals surface area contributed by atoms with E-state index < -0.39 is 37.5 Å². The minimum atomic E-state index is -2.29. The molecule has 0 fully saturated rings. The van der Waals surface area contributed by atoms with E-state index in [9.17, 15) is 14.4 Å². The highest BCUT2D eigenvalue weighted by molar-refractivity contribution is 6.74. The molecule has 0 radical (unpaired) electrons. The lowest BCUT2D eigenvalue weighted by molar-refractivity contribution is -0.172. The van der Waals surface area contributed by atoms with Crippen molar-refractivity contribution in [1.29, 1.82) is 0 Å². The number of hydrogen-bond acceptors (Lipinski definition) is 5. The van der Waals surface area contributed by atoms with Crippen LogP contribution in [0.15, 0.2) is 24.3 Å². The molecule has 0 saturated heterocycles. The minimum absolute atomic E-state index is 0.103. The second kappa shape index (κ2) is 6.32. The third-order valence-electron chi connectivity index (χ3n) is 5.92. The van der Waals surface area contributed by atoms with E-state index in [0.29, 0.717) is 0 Å². The maximum atomic E-state index is 12.9. The Morgan fingerprint density at radius 1 is 1.16 bits per heavy atom. The first-order valence-corrected chi connectivity index (χ1v) is 11.5. The van der Waals surface area contributed by atoms with E-state index in [-0.39, 0.29) is 16.7 Å². The van der Waals surface area contributed by atoms with Crippen molar-refractivity contribution in [2.24, 2.45) is 17.3 Å². The Balaban J connectivity index is 2.64. The molecule has 0 amide bonds. The lowest BCUT2D eigenvalue weighted by atomic mass is 9.57. The number of fused-ring (bicyclic) bond motifs is 1. The predicted octanol–water partition coefficient (Wildman–Crippen LogP) is 3.07. The van der Waals surface area contributed by atoms with Gasteiger partial charge in [0.05, 0.1) is 19.1 Å². The normalized spacial score (nSPS) is 32.5. The number of carbonyl (C=O) groups is 3. The van der Waals surface area contributed by atoms with Crippen molar-refractivity contribution in [3.05, 3.63) is 24.3 Å². The van der Waals surface area contributed by atoms with Crippen LogP contribution in [0.5, 0.6) is 0 Å². The summed E-state index contributed by atoms with van der Waals surface area (Å²) in [4.78, 5) is 38.4. The number of rotatable bonds is 3. The van der Waals surface area contributed by atoms with Gasteiger partial charge in [-0.3, -0.25) is 14.4 Å². The summed E-state index contributed by atoms with van der Waals surface area (Å²) in [5, 5.41) is -0.103. The average Bonchev–Trinajstić information content (AvgIpc) is 2.50. The number of esters is 1. The Kier molecular flexibility index (Phi) is 5.00. The molecule has 0 aromatic heterocycles. The summed E-state index contributed by atoms with van der Waals surface area (Å²) in [6.07, 6.45) is 5.30. The maximum Gasteiger partial charge on any atom is 0.323 e. The van der Waals surface area contributed by atoms with E-state index in [1.54, 1.807) is 6.08 Å². The highest BCUT2D eigenvalue weighted by Crippen LogP contribution is 2.50. The van der Waals surface area contributed by atoms with Crippen molar-refractivity contribution in [2.75, 3.05) is 7.11 Å². The lowest BCUT2D eigenvalue weighted by Gasteiger charge is -2.49. The van der Waals surface area contributed by atoms with E-state index in [1.807, 2.05) is 13.0 Å². The van der Waals surface area contributed by atoms with Crippen LogP contribution in [0.25, 0.3) is 0 Å².